The Labute approximate surface area is 45.3 Å². The second kappa shape index (κ2) is 1.94. The van der Waals surface area contributed by atoms with Crippen molar-refractivity contribution in [3.63, 3.8) is 0 Å². The zero-order valence-electron chi connectivity index (χ0n) is 3.99. The van der Waals surface area contributed by atoms with Gasteiger partial charge in [-0.3, -0.25) is 0 Å². The van der Waals surface area contributed by atoms with Gasteiger partial charge in [0.25, 0.3) is 6.43 Å². The van der Waals surface area contributed by atoms with Crippen molar-refractivity contribution in [3.05, 3.63) is 24.0 Å². The lowest BCUT2D eigenvalue weighted by molar-refractivity contribution is 0.146. The number of rotatable bonds is 1. The summed E-state index contributed by atoms with van der Waals surface area (Å²) in [5.74, 6) is 0. The third-order valence-electron chi connectivity index (χ3n) is 0.798. The van der Waals surface area contributed by atoms with Crippen LogP contribution in [0.5, 0.6) is 0 Å². The lowest BCUT2D eigenvalue weighted by Crippen LogP contribution is -1.79. The Kier molecular flexibility index (Phi) is 1.28. The standard InChI is InChI=1S/C5H4F2N/c6-5(7)4-2-1-3-8-4/h1-2,5,8H. The molecule has 3 heteroatoms. The molecule has 0 aromatic carbocycles. The van der Waals surface area contributed by atoms with E-state index in [0.717, 1.165) is 0 Å². The van der Waals surface area contributed by atoms with Crippen LogP contribution < -0.4 is 0 Å². The van der Waals surface area contributed by atoms with Crippen LogP contribution in [0.4, 0.5) is 8.78 Å². The first-order chi connectivity index (χ1) is 3.80. The van der Waals surface area contributed by atoms with Crippen LogP contribution in [-0.4, -0.2) is 4.98 Å². The minimum Gasteiger partial charge on any atom is -0.353 e. The van der Waals surface area contributed by atoms with Crippen molar-refractivity contribution in [1.29, 1.82) is 0 Å². The molecule has 0 saturated heterocycles. The quantitative estimate of drug-likeness (QED) is 0.575. The molecule has 43 valence electrons. The normalized spacial score (nSPS) is 10.4. The van der Waals surface area contributed by atoms with Crippen LogP contribution >= 0.6 is 0 Å². The number of aromatic nitrogens is 1. The first-order valence-electron chi connectivity index (χ1n) is 2.14. The Hall–Kier alpha value is -0.860. The van der Waals surface area contributed by atoms with Crippen LogP contribution in [0.15, 0.2) is 12.1 Å². The van der Waals surface area contributed by atoms with Gasteiger partial charge in [0.1, 0.15) is 0 Å². The second-order valence-corrected chi connectivity index (χ2v) is 1.36. The third kappa shape index (κ3) is 0.857. The highest BCUT2D eigenvalue weighted by atomic mass is 19.3. The van der Waals surface area contributed by atoms with Gasteiger partial charge in [-0.15, -0.1) is 0 Å². The molecule has 0 bridgehead atoms. The van der Waals surface area contributed by atoms with Gasteiger partial charge in [0.2, 0.25) is 0 Å². The minimum absolute atomic E-state index is 0.0787. The van der Waals surface area contributed by atoms with Crippen molar-refractivity contribution in [2.45, 2.75) is 6.43 Å². The number of alkyl halides is 2. The van der Waals surface area contributed by atoms with Crippen LogP contribution in [0.1, 0.15) is 12.1 Å². The maximum atomic E-state index is 11.5. The minimum atomic E-state index is -2.40. The summed E-state index contributed by atoms with van der Waals surface area (Å²) in [5.41, 5.74) is -0.0787. The first-order valence-corrected chi connectivity index (χ1v) is 2.14. The second-order valence-electron chi connectivity index (χ2n) is 1.36. The van der Waals surface area contributed by atoms with E-state index in [9.17, 15) is 8.78 Å². The molecule has 1 aromatic rings. The zero-order chi connectivity index (χ0) is 5.98. The molecule has 1 heterocycles. The van der Waals surface area contributed by atoms with E-state index in [-0.39, 0.29) is 5.69 Å². The number of hydrogen-bond donors (Lipinski definition) is 1. The van der Waals surface area contributed by atoms with Gasteiger partial charge in [-0.2, -0.15) is 0 Å². The van der Waals surface area contributed by atoms with E-state index in [0.29, 0.717) is 0 Å². The smallest absolute Gasteiger partial charge is 0.278 e. The predicted octanol–water partition coefficient (Wildman–Crippen LogP) is 1.75. The summed E-state index contributed by atoms with van der Waals surface area (Å²) in [6, 6.07) is 2.71. The molecule has 1 radical (unpaired) electrons. The van der Waals surface area contributed by atoms with Crippen molar-refractivity contribution < 1.29 is 8.78 Å². The Bertz CT molecular complexity index is 145. The Morgan fingerprint density at radius 3 is 2.62 bits per heavy atom. The Balaban J connectivity index is 2.77. The van der Waals surface area contributed by atoms with Gasteiger partial charge < -0.3 is 4.98 Å². The van der Waals surface area contributed by atoms with Gasteiger partial charge >= 0.3 is 0 Å². The molecule has 0 unspecified atom stereocenters. The van der Waals surface area contributed by atoms with Crippen molar-refractivity contribution >= 4 is 0 Å². The lowest BCUT2D eigenvalue weighted by Gasteiger charge is -1.88. The topological polar surface area (TPSA) is 15.8 Å². The highest BCUT2D eigenvalue weighted by Gasteiger charge is 2.04. The molecule has 0 aliphatic heterocycles. The highest BCUT2D eigenvalue weighted by molar-refractivity contribution is 5.03. The first kappa shape index (κ1) is 5.28. The van der Waals surface area contributed by atoms with E-state index in [1.807, 2.05) is 0 Å². The molecule has 0 fully saturated rings. The summed E-state index contributed by atoms with van der Waals surface area (Å²) in [6.45, 7) is 0. The van der Waals surface area contributed by atoms with Crippen molar-refractivity contribution in [1.82, 2.24) is 4.98 Å². The van der Waals surface area contributed by atoms with E-state index in [4.69, 9.17) is 0 Å². The third-order valence-corrected chi connectivity index (χ3v) is 0.798. The largest absolute Gasteiger partial charge is 0.353 e. The molecule has 1 rings (SSSR count). The Morgan fingerprint density at radius 1 is 1.62 bits per heavy atom. The van der Waals surface area contributed by atoms with Crippen LogP contribution in [-0.2, 0) is 0 Å². The van der Waals surface area contributed by atoms with Gasteiger partial charge in [-0.05, 0) is 12.1 Å². The fourth-order valence-corrected chi connectivity index (χ4v) is 0.425. The van der Waals surface area contributed by atoms with Gasteiger partial charge in [0.15, 0.2) is 0 Å². The molecule has 1 N–H and O–H groups in total. The summed E-state index contributed by atoms with van der Waals surface area (Å²) < 4.78 is 23.1. The monoisotopic (exact) mass is 116 g/mol. The van der Waals surface area contributed by atoms with E-state index in [2.05, 4.69) is 11.2 Å². The molecule has 0 aliphatic rings. The molecule has 1 nitrogen and oxygen atoms in total. The number of nitrogens with one attached hydrogen (secondary N) is 1. The van der Waals surface area contributed by atoms with Gasteiger partial charge in [0, 0.05) is 0 Å². The highest BCUT2D eigenvalue weighted by Crippen LogP contribution is 2.14. The van der Waals surface area contributed by atoms with E-state index in [1.54, 1.807) is 0 Å². The number of H-pyrrole nitrogens is 1. The van der Waals surface area contributed by atoms with Crippen LogP contribution in [0.25, 0.3) is 0 Å². The Morgan fingerprint density at radius 2 is 2.38 bits per heavy atom. The van der Waals surface area contributed by atoms with Crippen LogP contribution in [0.2, 0.25) is 0 Å². The molecular formula is C5H4F2N. The van der Waals surface area contributed by atoms with Crippen molar-refractivity contribution in [3.8, 4) is 0 Å². The fraction of sp³-hybridized carbons (Fsp3) is 0.200. The van der Waals surface area contributed by atoms with Gasteiger partial charge in [0.05, 0.1) is 11.9 Å². The summed E-state index contributed by atoms with van der Waals surface area (Å²) in [5, 5.41) is 0. The SMILES string of the molecule is FC(F)c1cc[c][nH]1. The van der Waals surface area contributed by atoms with Crippen molar-refractivity contribution in [2.75, 3.05) is 0 Å². The molecule has 0 spiro atoms. The summed E-state index contributed by atoms with van der Waals surface area (Å²) in [7, 11) is 0. The van der Waals surface area contributed by atoms with E-state index >= 15 is 0 Å². The maximum Gasteiger partial charge on any atom is 0.278 e. The fourth-order valence-electron chi connectivity index (χ4n) is 0.425. The summed E-state index contributed by atoms with van der Waals surface area (Å²) in [4.78, 5) is 2.26. The molecule has 8 heavy (non-hydrogen) atoms. The van der Waals surface area contributed by atoms with Gasteiger partial charge in [-0.25, -0.2) is 8.78 Å². The summed E-state index contributed by atoms with van der Waals surface area (Å²) >= 11 is 0. The van der Waals surface area contributed by atoms with Crippen molar-refractivity contribution in [2.24, 2.45) is 0 Å². The average molecular weight is 116 g/mol. The molecule has 0 aliphatic carbocycles. The molecular weight excluding hydrogens is 112 g/mol. The van der Waals surface area contributed by atoms with E-state index < -0.39 is 6.43 Å². The zero-order valence-corrected chi connectivity index (χ0v) is 3.99. The van der Waals surface area contributed by atoms with E-state index in [1.165, 1.54) is 12.1 Å². The molecule has 0 amide bonds. The number of aromatic amines is 1. The summed E-state index contributed by atoms with van der Waals surface area (Å²) in [6.07, 6.45) is 0.00444. The molecule has 0 atom stereocenters. The van der Waals surface area contributed by atoms with Crippen LogP contribution in [0.3, 0.4) is 0 Å². The predicted molar refractivity (Wildman–Crippen MR) is 24.6 cm³/mol. The van der Waals surface area contributed by atoms with Gasteiger partial charge in [-0.1, -0.05) is 0 Å². The maximum absolute atomic E-state index is 11.5. The molecule has 1 aromatic heterocycles. The molecule has 0 saturated carbocycles. The lowest BCUT2D eigenvalue weighted by atomic mass is 10.5. The van der Waals surface area contributed by atoms with Crippen LogP contribution in [0, 0.1) is 6.20 Å². The number of hydrogen-bond acceptors (Lipinski definition) is 0. The average Bonchev–Trinajstić information content (AvgIpc) is 2.12. The number of halogens is 2.